The van der Waals surface area contributed by atoms with Crippen LogP contribution in [-0.4, -0.2) is 0 Å². The maximum Gasteiger partial charge on any atom is 0.133 e. The van der Waals surface area contributed by atoms with Crippen molar-refractivity contribution < 1.29 is 17.6 Å². The fourth-order valence-electron chi connectivity index (χ4n) is 1.81. The van der Waals surface area contributed by atoms with Crippen molar-refractivity contribution in [3.8, 4) is 0 Å². The molecule has 1 unspecified atom stereocenters. The number of halogens is 5. The van der Waals surface area contributed by atoms with Gasteiger partial charge in [-0.25, -0.2) is 17.6 Å². The molecule has 0 fully saturated rings. The Morgan fingerprint density at radius 1 is 0.895 bits per heavy atom. The second-order valence-electron chi connectivity index (χ2n) is 4.17. The van der Waals surface area contributed by atoms with Gasteiger partial charge < -0.3 is 0 Å². The largest absolute Gasteiger partial charge is 0.207 e. The van der Waals surface area contributed by atoms with Gasteiger partial charge in [0.15, 0.2) is 0 Å². The molecule has 0 N–H and O–H groups in total. The zero-order valence-corrected chi connectivity index (χ0v) is 11.4. The number of alkyl halides is 1. The highest BCUT2D eigenvalue weighted by molar-refractivity contribution is 9.09. The van der Waals surface area contributed by atoms with Crippen molar-refractivity contribution in [3.05, 3.63) is 70.3 Å². The van der Waals surface area contributed by atoms with Crippen LogP contribution in [0.1, 0.15) is 21.5 Å². The summed E-state index contributed by atoms with van der Waals surface area (Å²) in [5.74, 6) is -3.71. The Morgan fingerprint density at radius 2 is 1.47 bits per heavy atom. The van der Waals surface area contributed by atoms with Crippen LogP contribution < -0.4 is 0 Å². The quantitative estimate of drug-likeness (QED) is 0.534. The van der Waals surface area contributed by atoms with E-state index in [9.17, 15) is 17.6 Å². The molecule has 2 aromatic rings. The van der Waals surface area contributed by atoms with Gasteiger partial charge in [0.05, 0.1) is 4.83 Å². The molecule has 0 nitrogen and oxygen atoms in total. The van der Waals surface area contributed by atoms with Crippen LogP contribution in [-0.2, 0) is 0 Å². The van der Waals surface area contributed by atoms with E-state index in [0.29, 0.717) is 12.1 Å². The monoisotopic (exact) mass is 332 g/mol. The normalized spacial score (nSPS) is 12.5. The molecule has 0 aliphatic rings. The van der Waals surface area contributed by atoms with Crippen LogP contribution in [0.15, 0.2) is 30.3 Å². The summed E-state index contributed by atoms with van der Waals surface area (Å²) in [6.07, 6.45) is 0. The number of rotatable bonds is 2. The summed E-state index contributed by atoms with van der Waals surface area (Å²) in [5, 5.41) is 0. The molecule has 0 saturated heterocycles. The third-order valence-electron chi connectivity index (χ3n) is 2.72. The first-order valence-electron chi connectivity index (χ1n) is 5.44. The Kier molecular flexibility index (Phi) is 3.94. The first-order chi connectivity index (χ1) is 8.90. The fraction of sp³-hybridized carbons (Fsp3) is 0.143. The second-order valence-corrected chi connectivity index (χ2v) is 5.09. The van der Waals surface area contributed by atoms with Crippen molar-refractivity contribution in [1.82, 2.24) is 0 Å². The molecule has 0 heterocycles. The molecule has 5 heteroatoms. The smallest absolute Gasteiger partial charge is 0.133 e. The van der Waals surface area contributed by atoms with Gasteiger partial charge in [-0.1, -0.05) is 33.6 Å². The minimum atomic E-state index is -1.06. The van der Waals surface area contributed by atoms with E-state index in [2.05, 4.69) is 15.9 Å². The zero-order valence-electron chi connectivity index (χ0n) is 9.85. The highest BCUT2D eigenvalue weighted by Gasteiger charge is 2.23. The SMILES string of the molecule is Cc1ccc(F)c(C(Br)c2c(F)cc(F)cc2F)c1. The highest BCUT2D eigenvalue weighted by Crippen LogP contribution is 2.36. The van der Waals surface area contributed by atoms with Gasteiger partial charge >= 0.3 is 0 Å². The molecule has 0 aliphatic heterocycles. The number of hydrogen-bond donors (Lipinski definition) is 0. The van der Waals surface area contributed by atoms with Crippen molar-refractivity contribution in [3.63, 3.8) is 0 Å². The Hall–Kier alpha value is -1.36. The second kappa shape index (κ2) is 5.33. The zero-order chi connectivity index (χ0) is 14.2. The van der Waals surface area contributed by atoms with Gasteiger partial charge in [0.25, 0.3) is 0 Å². The molecule has 0 amide bonds. The van der Waals surface area contributed by atoms with Crippen molar-refractivity contribution in [2.75, 3.05) is 0 Å². The van der Waals surface area contributed by atoms with Crippen LogP contribution in [0.3, 0.4) is 0 Å². The Labute approximate surface area is 116 Å². The van der Waals surface area contributed by atoms with Gasteiger partial charge in [-0.2, -0.15) is 0 Å². The minimum absolute atomic E-state index is 0.101. The van der Waals surface area contributed by atoms with Crippen molar-refractivity contribution >= 4 is 15.9 Å². The lowest BCUT2D eigenvalue weighted by Crippen LogP contribution is -2.04. The van der Waals surface area contributed by atoms with E-state index >= 15 is 0 Å². The number of aryl methyl sites for hydroxylation is 1. The van der Waals surface area contributed by atoms with Crippen molar-refractivity contribution in [2.24, 2.45) is 0 Å². The molecule has 0 spiro atoms. The molecule has 100 valence electrons. The summed E-state index contributed by atoms with van der Waals surface area (Å²) in [7, 11) is 0. The van der Waals surface area contributed by atoms with Crippen LogP contribution in [0.5, 0.6) is 0 Å². The molecule has 0 bridgehead atoms. The van der Waals surface area contributed by atoms with E-state index in [1.54, 1.807) is 13.0 Å². The van der Waals surface area contributed by atoms with E-state index in [1.807, 2.05) is 0 Å². The third kappa shape index (κ3) is 2.81. The first-order valence-corrected chi connectivity index (χ1v) is 6.36. The van der Waals surface area contributed by atoms with Gasteiger partial charge in [0.2, 0.25) is 0 Å². The van der Waals surface area contributed by atoms with Gasteiger partial charge in [-0.15, -0.1) is 0 Å². The lowest BCUT2D eigenvalue weighted by Gasteiger charge is -2.14. The summed E-state index contributed by atoms with van der Waals surface area (Å²) in [6.45, 7) is 1.74. The number of hydrogen-bond acceptors (Lipinski definition) is 0. The molecule has 0 saturated carbocycles. The molecule has 0 radical (unpaired) electrons. The van der Waals surface area contributed by atoms with E-state index in [1.165, 1.54) is 12.1 Å². The summed E-state index contributed by atoms with van der Waals surface area (Å²) in [4.78, 5) is -1.02. The summed E-state index contributed by atoms with van der Waals surface area (Å²) in [6, 6.07) is 5.39. The predicted octanol–water partition coefficient (Wildman–Crippen LogP) is 5.04. The Bertz CT molecular complexity index is 602. The molecule has 2 aromatic carbocycles. The molecule has 2 rings (SSSR count). The maximum absolute atomic E-state index is 13.7. The van der Waals surface area contributed by atoms with Crippen molar-refractivity contribution in [2.45, 2.75) is 11.8 Å². The fourth-order valence-corrected chi connectivity index (χ4v) is 2.60. The van der Waals surface area contributed by atoms with Gasteiger partial charge in [0.1, 0.15) is 23.3 Å². The molecule has 19 heavy (non-hydrogen) atoms. The molecule has 0 aliphatic carbocycles. The van der Waals surface area contributed by atoms with Gasteiger partial charge in [-0.05, 0) is 13.0 Å². The van der Waals surface area contributed by atoms with E-state index in [4.69, 9.17) is 0 Å². The topological polar surface area (TPSA) is 0 Å². The third-order valence-corrected chi connectivity index (χ3v) is 3.67. The predicted molar refractivity (Wildman–Crippen MR) is 68.2 cm³/mol. The van der Waals surface area contributed by atoms with Crippen LogP contribution in [0, 0.1) is 30.2 Å². The lowest BCUT2D eigenvalue weighted by atomic mass is 10.0. The summed E-state index contributed by atoms with van der Waals surface area (Å²) < 4.78 is 53.8. The Balaban J connectivity index is 2.56. The average Bonchev–Trinajstić information content (AvgIpc) is 2.30. The Morgan fingerprint density at radius 3 is 2.05 bits per heavy atom. The minimum Gasteiger partial charge on any atom is -0.207 e. The van der Waals surface area contributed by atoms with Crippen LogP contribution >= 0.6 is 15.9 Å². The van der Waals surface area contributed by atoms with Crippen LogP contribution in [0.4, 0.5) is 17.6 Å². The van der Waals surface area contributed by atoms with Crippen LogP contribution in [0.25, 0.3) is 0 Å². The van der Waals surface area contributed by atoms with E-state index in [0.717, 1.165) is 5.56 Å². The highest BCUT2D eigenvalue weighted by atomic mass is 79.9. The average molecular weight is 333 g/mol. The van der Waals surface area contributed by atoms with E-state index in [-0.39, 0.29) is 5.56 Å². The van der Waals surface area contributed by atoms with E-state index < -0.39 is 33.7 Å². The number of benzene rings is 2. The van der Waals surface area contributed by atoms with Crippen molar-refractivity contribution in [1.29, 1.82) is 0 Å². The van der Waals surface area contributed by atoms with Gasteiger partial charge in [0, 0.05) is 23.3 Å². The molecule has 1 atom stereocenters. The molecular weight excluding hydrogens is 324 g/mol. The summed E-state index contributed by atoms with van der Waals surface area (Å²) in [5.41, 5.74) is 0.444. The summed E-state index contributed by atoms with van der Waals surface area (Å²) >= 11 is 3.06. The first kappa shape index (κ1) is 14.1. The maximum atomic E-state index is 13.7. The lowest BCUT2D eigenvalue weighted by molar-refractivity contribution is 0.525. The standard InChI is InChI=1S/C14H9BrF4/c1-7-2-3-10(17)9(4-7)14(15)13-11(18)5-8(16)6-12(13)19/h2-6,14H,1H3. The van der Waals surface area contributed by atoms with Gasteiger partial charge in [-0.3, -0.25) is 0 Å². The molecule has 0 aromatic heterocycles. The van der Waals surface area contributed by atoms with Crippen LogP contribution in [0.2, 0.25) is 0 Å². The molecular formula is C14H9BrF4.